The van der Waals surface area contributed by atoms with Crippen LogP contribution in [0.1, 0.15) is 55.0 Å². The molecule has 2 aromatic carbocycles. The topological polar surface area (TPSA) is 28.3 Å². The number of benzene rings is 2. The number of aromatic amines is 1. The van der Waals surface area contributed by atoms with E-state index in [1.54, 1.807) is 7.11 Å². The molecule has 1 aliphatic rings. The number of aryl methyl sites for hydroxylation is 2. The zero-order valence-corrected chi connectivity index (χ0v) is 17.6. The highest BCUT2D eigenvalue weighted by atomic mass is 16.5. The predicted octanol–water partition coefficient (Wildman–Crippen LogP) is 6.02. The number of ether oxygens (including phenoxy) is 1. The summed E-state index contributed by atoms with van der Waals surface area (Å²) >= 11 is 0. The number of rotatable bonds is 5. The molecule has 3 aromatic rings. The molecule has 0 spiro atoms. The fourth-order valence-electron chi connectivity index (χ4n) is 4.69. The number of H-pyrrole nitrogens is 1. The molecular formula is C25H32N2O. The Balaban J connectivity index is 1.69. The molecule has 1 saturated heterocycles. The third-order valence-corrected chi connectivity index (χ3v) is 6.44. The minimum atomic E-state index is 0.467. The van der Waals surface area contributed by atoms with E-state index in [9.17, 15) is 0 Å². The second-order valence-electron chi connectivity index (χ2n) is 8.35. The average Bonchev–Trinajstić information content (AvgIpc) is 3.21. The van der Waals surface area contributed by atoms with Crippen LogP contribution in [-0.4, -0.2) is 23.5 Å². The zero-order valence-electron chi connectivity index (χ0n) is 17.6. The molecule has 1 N–H and O–H groups in total. The standard InChI is InChI=1S/C25H32N2O/c1-5-19-6-8-20(9-7-19)23-14-17(2)11-13-27(23)16-22-21-10-12-26-25(21)18(3)15-24(22)28-4/h6-10,12,15,17,23,26H,5,11,13-14,16H2,1-4H3/t17-,23+/m1/s1. The van der Waals surface area contributed by atoms with E-state index in [0.29, 0.717) is 6.04 Å². The SMILES string of the molecule is CCc1ccc([C@@H]2C[C@H](C)CCN2Cc2c(OC)cc(C)c3[nH]ccc23)cc1. The first kappa shape index (κ1) is 19.1. The van der Waals surface area contributed by atoms with Crippen molar-refractivity contribution >= 4 is 10.9 Å². The summed E-state index contributed by atoms with van der Waals surface area (Å²) < 4.78 is 5.80. The second-order valence-corrected chi connectivity index (χ2v) is 8.35. The van der Waals surface area contributed by atoms with E-state index in [4.69, 9.17) is 4.74 Å². The van der Waals surface area contributed by atoms with Crippen molar-refractivity contribution in [1.82, 2.24) is 9.88 Å². The summed E-state index contributed by atoms with van der Waals surface area (Å²) in [6.45, 7) is 8.80. The van der Waals surface area contributed by atoms with Crippen molar-refractivity contribution < 1.29 is 4.74 Å². The molecule has 1 aliphatic heterocycles. The molecule has 1 fully saturated rings. The highest BCUT2D eigenvalue weighted by molar-refractivity contribution is 5.88. The summed E-state index contributed by atoms with van der Waals surface area (Å²) in [4.78, 5) is 6.06. The molecule has 0 unspecified atom stereocenters. The summed E-state index contributed by atoms with van der Waals surface area (Å²) in [5, 5.41) is 1.29. The van der Waals surface area contributed by atoms with E-state index < -0.39 is 0 Å². The van der Waals surface area contributed by atoms with Crippen LogP contribution in [0.25, 0.3) is 10.9 Å². The lowest BCUT2D eigenvalue weighted by Crippen LogP contribution is -2.36. The molecule has 148 valence electrons. The number of piperidine rings is 1. The van der Waals surface area contributed by atoms with Gasteiger partial charge in [-0.15, -0.1) is 0 Å². The van der Waals surface area contributed by atoms with Crippen molar-refractivity contribution in [3.05, 3.63) is 64.8 Å². The van der Waals surface area contributed by atoms with Gasteiger partial charge in [-0.3, -0.25) is 4.90 Å². The Morgan fingerprint density at radius 1 is 1.18 bits per heavy atom. The minimum Gasteiger partial charge on any atom is -0.496 e. The number of hydrogen-bond donors (Lipinski definition) is 1. The summed E-state index contributed by atoms with van der Waals surface area (Å²) in [5.74, 6) is 1.77. The lowest BCUT2D eigenvalue weighted by atomic mass is 9.87. The minimum absolute atomic E-state index is 0.467. The second kappa shape index (κ2) is 8.00. The molecular weight excluding hydrogens is 344 g/mol. The van der Waals surface area contributed by atoms with Crippen molar-refractivity contribution in [3.63, 3.8) is 0 Å². The molecule has 3 nitrogen and oxygen atoms in total. The first-order chi connectivity index (χ1) is 13.6. The molecule has 4 rings (SSSR count). The van der Waals surface area contributed by atoms with Crippen LogP contribution in [0, 0.1) is 12.8 Å². The van der Waals surface area contributed by atoms with Gasteiger partial charge in [-0.2, -0.15) is 0 Å². The highest BCUT2D eigenvalue weighted by Crippen LogP contribution is 2.38. The van der Waals surface area contributed by atoms with Gasteiger partial charge in [-0.05, 0) is 67.5 Å². The Labute approximate surface area is 168 Å². The van der Waals surface area contributed by atoms with Gasteiger partial charge in [-0.25, -0.2) is 0 Å². The molecule has 0 saturated carbocycles. The van der Waals surface area contributed by atoms with Crippen LogP contribution in [0.15, 0.2) is 42.6 Å². The van der Waals surface area contributed by atoms with Crippen LogP contribution in [0.3, 0.4) is 0 Å². The van der Waals surface area contributed by atoms with Crippen LogP contribution in [0.2, 0.25) is 0 Å². The number of methoxy groups -OCH3 is 1. The summed E-state index contributed by atoms with van der Waals surface area (Å²) in [6, 6.07) is 14.1. The number of aromatic nitrogens is 1. The van der Waals surface area contributed by atoms with E-state index in [0.717, 1.165) is 31.2 Å². The van der Waals surface area contributed by atoms with Gasteiger partial charge in [0.25, 0.3) is 0 Å². The lowest BCUT2D eigenvalue weighted by Gasteiger charge is -2.39. The lowest BCUT2D eigenvalue weighted by molar-refractivity contribution is 0.110. The van der Waals surface area contributed by atoms with E-state index >= 15 is 0 Å². The Morgan fingerprint density at radius 2 is 1.96 bits per heavy atom. The van der Waals surface area contributed by atoms with Gasteiger partial charge in [0.2, 0.25) is 0 Å². The molecule has 2 atom stereocenters. The molecule has 28 heavy (non-hydrogen) atoms. The average molecular weight is 377 g/mol. The molecule has 0 aliphatic carbocycles. The van der Waals surface area contributed by atoms with Gasteiger partial charge in [0, 0.05) is 35.2 Å². The largest absolute Gasteiger partial charge is 0.496 e. The first-order valence-corrected chi connectivity index (χ1v) is 10.6. The monoisotopic (exact) mass is 376 g/mol. The van der Waals surface area contributed by atoms with Crippen LogP contribution in [-0.2, 0) is 13.0 Å². The van der Waals surface area contributed by atoms with Gasteiger partial charge in [-0.1, -0.05) is 38.1 Å². The summed E-state index contributed by atoms with van der Waals surface area (Å²) in [5.41, 5.74) is 6.62. The Hall–Kier alpha value is -2.26. The number of hydrogen-bond acceptors (Lipinski definition) is 2. The Morgan fingerprint density at radius 3 is 2.68 bits per heavy atom. The molecule has 2 heterocycles. The third-order valence-electron chi connectivity index (χ3n) is 6.44. The fraction of sp³-hybridized carbons (Fsp3) is 0.440. The van der Waals surface area contributed by atoms with Gasteiger partial charge in [0.05, 0.1) is 7.11 Å². The van der Waals surface area contributed by atoms with Crippen molar-refractivity contribution in [3.8, 4) is 5.75 Å². The van der Waals surface area contributed by atoms with Gasteiger partial charge in [0.1, 0.15) is 5.75 Å². The van der Waals surface area contributed by atoms with Crippen LogP contribution in [0.4, 0.5) is 0 Å². The maximum atomic E-state index is 5.80. The molecule has 1 aromatic heterocycles. The predicted molar refractivity (Wildman–Crippen MR) is 117 cm³/mol. The molecule has 0 bridgehead atoms. The molecule has 0 amide bonds. The van der Waals surface area contributed by atoms with E-state index in [-0.39, 0.29) is 0 Å². The van der Waals surface area contributed by atoms with E-state index in [1.165, 1.54) is 46.0 Å². The smallest absolute Gasteiger partial charge is 0.124 e. The summed E-state index contributed by atoms with van der Waals surface area (Å²) in [6.07, 6.45) is 5.61. The number of fused-ring (bicyclic) bond motifs is 1. The molecule has 3 heteroatoms. The van der Waals surface area contributed by atoms with Crippen molar-refractivity contribution in [2.24, 2.45) is 5.92 Å². The van der Waals surface area contributed by atoms with E-state index in [1.807, 2.05) is 6.20 Å². The van der Waals surface area contributed by atoms with Crippen LogP contribution >= 0.6 is 0 Å². The quantitative estimate of drug-likeness (QED) is 0.590. The normalized spacial score (nSPS) is 20.6. The van der Waals surface area contributed by atoms with Gasteiger partial charge >= 0.3 is 0 Å². The fourth-order valence-corrected chi connectivity index (χ4v) is 4.69. The van der Waals surface area contributed by atoms with Crippen LogP contribution in [0.5, 0.6) is 5.75 Å². The molecule has 0 radical (unpaired) electrons. The maximum absolute atomic E-state index is 5.80. The maximum Gasteiger partial charge on any atom is 0.124 e. The van der Waals surface area contributed by atoms with E-state index in [2.05, 4.69) is 67.1 Å². The Bertz CT molecular complexity index is 941. The van der Waals surface area contributed by atoms with Crippen molar-refractivity contribution in [2.75, 3.05) is 13.7 Å². The first-order valence-electron chi connectivity index (χ1n) is 10.6. The number of nitrogens with one attached hydrogen (secondary N) is 1. The van der Waals surface area contributed by atoms with Crippen molar-refractivity contribution in [1.29, 1.82) is 0 Å². The highest BCUT2D eigenvalue weighted by Gasteiger charge is 2.29. The summed E-state index contributed by atoms with van der Waals surface area (Å²) in [7, 11) is 1.79. The number of likely N-dealkylation sites (tertiary alicyclic amines) is 1. The van der Waals surface area contributed by atoms with Gasteiger partial charge < -0.3 is 9.72 Å². The number of nitrogens with zero attached hydrogens (tertiary/aromatic N) is 1. The van der Waals surface area contributed by atoms with Crippen LogP contribution < -0.4 is 4.74 Å². The zero-order chi connectivity index (χ0) is 19.7. The van der Waals surface area contributed by atoms with Gasteiger partial charge in [0.15, 0.2) is 0 Å². The van der Waals surface area contributed by atoms with Crippen molar-refractivity contribution in [2.45, 2.75) is 52.6 Å². The Kier molecular flexibility index (Phi) is 5.45. The third kappa shape index (κ3) is 3.56.